The zero-order chi connectivity index (χ0) is 11.0. The van der Waals surface area contributed by atoms with E-state index in [2.05, 4.69) is 15.9 Å². The Balaban J connectivity index is 1.89. The fourth-order valence-corrected chi connectivity index (χ4v) is 3.92. The number of carbonyl (C=O) groups excluding carboxylic acids is 1. The number of ketones is 1. The molecule has 0 heterocycles. The van der Waals surface area contributed by atoms with E-state index in [9.17, 15) is 9.90 Å². The topological polar surface area (TPSA) is 46.5 Å². The van der Waals surface area contributed by atoms with Crippen LogP contribution in [0.1, 0.15) is 19.3 Å². The molecular weight excluding hydrogens is 260 g/mol. The molecule has 5 atom stereocenters. The first-order valence-electron chi connectivity index (χ1n) is 5.51. The minimum absolute atomic E-state index is 0.118. The van der Waals surface area contributed by atoms with E-state index in [4.69, 9.17) is 4.74 Å². The first-order valence-corrected chi connectivity index (χ1v) is 6.43. The van der Waals surface area contributed by atoms with Crippen molar-refractivity contribution in [3.8, 4) is 0 Å². The number of hydrogen-bond donors (Lipinski definition) is 1. The van der Waals surface area contributed by atoms with Crippen LogP contribution in [0.5, 0.6) is 0 Å². The summed E-state index contributed by atoms with van der Waals surface area (Å²) in [6, 6.07) is 0. The van der Waals surface area contributed by atoms with Crippen LogP contribution in [-0.2, 0) is 9.53 Å². The van der Waals surface area contributed by atoms with Gasteiger partial charge in [-0.3, -0.25) is 4.79 Å². The summed E-state index contributed by atoms with van der Waals surface area (Å²) in [5.41, 5.74) is 0. The van der Waals surface area contributed by atoms with Crippen molar-refractivity contribution in [1.29, 1.82) is 0 Å². The molecule has 2 saturated carbocycles. The van der Waals surface area contributed by atoms with Gasteiger partial charge < -0.3 is 9.84 Å². The second-order valence-corrected chi connectivity index (χ2v) is 5.63. The summed E-state index contributed by atoms with van der Waals surface area (Å²) in [5.74, 6) is 1.00. The lowest BCUT2D eigenvalue weighted by Gasteiger charge is -2.40. The minimum Gasteiger partial charge on any atom is -0.392 e. The van der Waals surface area contributed by atoms with Gasteiger partial charge in [-0.05, 0) is 25.2 Å². The molecule has 15 heavy (non-hydrogen) atoms. The number of Topliss-reactive ketones (excluding diaryl/α,β-unsaturated/α-hetero) is 1. The van der Waals surface area contributed by atoms with Crippen molar-refractivity contribution in [1.82, 2.24) is 0 Å². The summed E-state index contributed by atoms with van der Waals surface area (Å²) >= 11 is 3.50. The van der Waals surface area contributed by atoms with Crippen molar-refractivity contribution in [2.75, 3.05) is 13.7 Å². The Morgan fingerprint density at radius 3 is 3.00 bits per heavy atom. The second-order valence-electron chi connectivity index (χ2n) is 4.58. The Hall–Kier alpha value is 0.0700. The zero-order valence-electron chi connectivity index (χ0n) is 8.86. The van der Waals surface area contributed by atoms with Crippen LogP contribution in [0, 0.1) is 17.8 Å². The maximum absolute atomic E-state index is 11.8. The quantitative estimate of drug-likeness (QED) is 0.623. The van der Waals surface area contributed by atoms with Gasteiger partial charge >= 0.3 is 0 Å². The van der Waals surface area contributed by atoms with E-state index in [1.54, 1.807) is 7.11 Å². The molecule has 2 aliphatic carbocycles. The molecule has 0 amide bonds. The lowest BCUT2D eigenvalue weighted by Crippen LogP contribution is -2.47. The van der Waals surface area contributed by atoms with Crippen LogP contribution in [-0.4, -0.2) is 35.5 Å². The predicted molar refractivity (Wildman–Crippen MR) is 59.9 cm³/mol. The standard InChI is InChI=1S/C11H17BrO3/c1-15-4-2-3-6-9-7(11(6)14)5-8(13)10(9)12/h6-10,13H,2-5H2,1H3/t6-,7+,8-,9+,10+/m1/s1. The molecule has 0 aliphatic heterocycles. The van der Waals surface area contributed by atoms with E-state index < -0.39 is 0 Å². The molecule has 0 unspecified atom stereocenters. The fourth-order valence-electron chi connectivity index (χ4n) is 2.96. The van der Waals surface area contributed by atoms with Gasteiger partial charge in [0.2, 0.25) is 0 Å². The largest absolute Gasteiger partial charge is 0.392 e. The van der Waals surface area contributed by atoms with Gasteiger partial charge in [-0.2, -0.15) is 0 Å². The Bertz CT molecular complexity index is 256. The molecule has 0 saturated heterocycles. The highest BCUT2D eigenvalue weighted by Crippen LogP contribution is 2.52. The summed E-state index contributed by atoms with van der Waals surface area (Å²) in [4.78, 5) is 11.9. The Morgan fingerprint density at radius 2 is 2.33 bits per heavy atom. The van der Waals surface area contributed by atoms with E-state index in [1.807, 2.05) is 0 Å². The number of aliphatic hydroxyl groups is 1. The highest BCUT2D eigenvalue weighted by atomic mass is 79.9. The second kappa shape index (κ2) is 4.52. The maximum atomic E-state index is 11.8. The Morgan fingerprint density at radius 1 is 1.60 bits per heavy atom. The number of rotatable bonds is 4. The first kappa shape index (κ1) is 11.6. The lowest BCUT2D eigenvalue weighted by atomic mass is 9.64. The first-order chi connectivity index (χ1) is 7.16. The van der Waals surface area contributed by atoms with Crippen LogP contribution in [0.15, 0.2) is 0 Å². The molecular formula is C11H17BrO3. The molecule has 0 spiro atoms. The summed E-state index contributed by atoms with van der Waals surface area (Å²) < 4.78 is 4.98. The smallest absolute Gasteiger partial charge is 0.139 e. The van der Waals surface area contributed by atoms with Gasteiger partial charge in [-0.25, -0.2) is 0 Å². The molecule has 0 aromatic carbocycles. The Labute approximate surface area is 98.3 Å². The number of alkyl halides is 1. The van der Waals surface area contributed by atoms with Crippen molar-refractivity contribution in [2.24, 2.45) is 17.8 Å². The number of carbonyl (C=O) groups is 1. The van der Waals surface area contributed by atoms with Gasteiger partial charge in [-0.1, -0.05) is 15.9 Å². The van der Waals surface area contributed by atoms with Crippen molar-refractivity contribution in [3.63, 3.8) is 0 Å². The normalized spacial score (nSPS) is 43.9. The molecule has 86 valence electrons. The molecule has 0 bridgehead atoms. The summed E-state index contributed by atoms with van der Waals surface area (Å²) in [6.45, 7) is 0.719. The minimum atomic E-state index is -0.337. The molecule has 3 nitrogen and oxygen atoms in total. The molecule has 2 aliphatic rings. The number of hydrogen-bond acceptors (Lipinski definition) is 3. The highest BCUT2D eigenvalue weighted by molar-refractivity contribution is 9.09. The van der Waals surface area contributed by atoms with Crippen LogP contribution < -0.4 is 0 Å². The summed E-state index contributed by atoms with van der Waals surface area (Å²) in [5, 5.41) is 9.66. The third kappa shape index (κ3) is 1.87. The van der Waals surface area contributed by atoms with Crippen LogP contribution in [0.2, 0.25) is 0 Å². The number of ether oxygens (including phenoxy) is 1. The van der Waals surface area contributed by atoms with Crippen molar-refractivity contribution < 1.29 is 14.6 Å². The van der Waals surface area contributed by atoms with Crippen LogP contribution in [0.3, 0.4) is 0 Å². The third-order valence-electron chi connectivity index (χ3n) is 3.75. The van der Waals surface area contributed by atoms with Gasteiger partial charge in [0.1, 0.15) is 5.78 Å². The maximum Gasteiger partial charge on any atom is 0.139 e. The molecule has 1 N–H and O–H groups in total. The van der Waals surface area contributed by atoms with Crippen molar-refractivity contribution in [2.45, 2.75) is 30.2 Å². The van der Waals surface area contributed by atoms with Crippen LogP contribution in [0.4, 0.5) is 0 Å². The van der Waals surface area contributed by atoms with E-state index in [0.717, 1.165) is 19.4 Å². The van der Waals surface area contributed by atoms with Crippen LogP contribution >= 0.6 is 15.9 Å². The van der Waals surface area contributed by atoms with Crippen molar-refractivity contribution in [3.05, 3.63) is 0 Å². The van der Waals surface area contributed by atoms with Gasteiger partial charge in [0.05, 0.1) is 6.10 Å². The van der Waals surface area contributed by atoms with E-state index in [1.165, 1.54) is 0 Å². The summed E-state index contributed by atoms with van der Waals surface area (Å²) in [6.07, 6.45) is 2.16. The molecule has 2 rings (SSSR count). The van der Waals surface area contributed by atoms with E-state index >= 15 is 0 Å². The van der Waals surface area contributed by atoms with Gasteiger partial charge in [0.25, 0.3) is 0 Å². The zero-order valence-corrected chi connectivity index (χ0v) is 10.4. The SMILES string of the molecule is COCCC[C@H]1C(=O)[C@H]2C[C@@H](O)[C@H](Br)[C@H]21. The van der Waals surface area contributed by atoms with Crippen molar-refractivity contribution >= 4 is 21.7 Å². The predicted octanol–water partition coefficient (Wildman–Crippen LogP) is 1.37. The molecule has 0 aromatic heterocycles. The van der Waals surface area contributed by atoms with Gasteiger partial charge in [0.15, 0.2) is 0 Å². The number of methoxy groups -OCH3 is 1. The fraction of sp³-hybridized carbons (Fsp3) is 0.909. The lowest BCUT2D eigenvalue weighted by molar-refractivity contribution is -0.141. The molecule has 0 aromatic rings. The molecule has 4 heteroatoms. The van der Waals surface area contributed by atoms with Gasteiger partial charge in [-0.15, -0.1) is 0 Å². The summed E-state index contributed by atoms with van der Waals surface area (Å²) in [7, 11) is 1.68. The monoisotopic (exact) mass is 276 g/mol. The molecule has 0 radical (unpaired) electrons. The third-order valence-corrected chi connectivity index (χ3v) is 4.98. The Kier molecular flexibility index (Phi) is 3.48. The number of fused-ring (bicyclic) bond motifs is 1. The number of aliphatic hydroxyl groups excluding tert-OH is 1. The average molecular weight is 277 g/mol. The van der Waals surface area contributed by atoms with Crippen LogP contribution in [0.25, 0.3) is 0 Å². The molecule has 2 fully saturated rings. The number of halogens is 1. The van der Waals surface area contributed by atoms with E-state index in [-0.39, 0.29) is 22.8 Å². The average Bonchev–Trinajstić information content (AvgIpc) is 2.48. The highest BCUT2D eigenvalue weighted by Gasteiger charge is 2.58. The van der Waals surface area contributed by atoms with E-state index in [0.29, 0.717) is 18.1 Å². The van der Waals surface area contributed by atoms with Gasteiger partial charge in [0, 0.05) is 30.4 Å².